The largest absolute Gasteiger partial charge is 0.465 e. The van der Waals surface area contributed by atoms with Crippen molar-refractivity contribution in [2.24, 2.45) is 0 Å². The van der Waals surface area contributed by atoms with Crippen molar-refractivity contribution < 1.29 is 9.90 Å². The maximum Gasteiger partial charge on any atom is 0.407 e. The minimum atomic E-state index is -0.742. The maximum atomic E-state index is 11.3. The smallest absolute Gasteiger partial charge is 0.407 e. The number of carboxylic acid groups (broad SMARTS) is 1. The summed E-state index contributed by atoms with van der Waals surface area (Å²) in [5.74, 6) is 0. The van der Waals surface area contributed by atoms with Crippen molar-refractivity contribution in [3.8, 4) is 0 Å². The van der Waals surface area contributed by atoms with Crippen LogP contribution in [0, 0.1) is 0 Å². The van der Waals surface area contributed by atoms with E-state index in [0.717, 1.165) is 25.7 Å². The van der Waals surface area contributed by atoms with Crippen molar-refractivity contribution in [3.05, 3.63) is 30.3 Å². The van der Waals surface area contributed by atoms with E-state index >= 15 is 0 Å². The normalized spacial score (nSPS) is 29.3. The van der Waals surface area contributed by atoms with Gasteiger partial charge in [0.25, 0.3) is 0 Å². The lowest BCUT2D eigenvalue weighted by atomic mass is 9.96. The van der Waals surface area contributed by atoms with Crippen molar-refractivity contribution >= 4 is 11.8 Å². The summed E-state index contributed by atoms with van der Waals surface area (Å²) in [5, 5.41) is 9.27. The van der Waals surface area contributed by atoms with E-state index in [0.29, 0.717) is 6.04 Å². The van der Waals surface area contributed by atoms with Gasteiger partial charge in [-0.25, -0.2) is 4.79 Å². The molecule has 0 saturated carbocycles. The SMILES string of the molecule is CN(c1ccccc1)[C@@H]1C[C@H]2CC[C@@H](C1)N2C(=O)O. The molecule has 1 aromatic rings. The molecule has 1 amide bonds. The number of piperidine rings is 1. The number of rotatable bonds is 2. The van der Waals surface area contributed by atoms with Crippen molar-refractivity contribution in [1.82, 2.24) is 4.90 Å². The predicted octanol–water partition coefficient (Wildman–Crippen LogP) is 2.80. The molecular formula is C15H20N2O2. The van der Waals surface area contributed by atoms with Crippen LogP contribution in [0.1, 0.15) is 25.7 Å². The van der Waals surface area contributed by atoms with Gasteiger partial charge < -0.3 is 14.9 Å². The lowest BCUT2D eigenvalue weighted by Crippen LogP contribution is -2.51. The van der Waals surface area contributed by atoms with E-state index in [1.165, 1.54) is 5.69 Å². The second-order valence-corrected chi connectivity index (χ2v) is 5.65. The highest BCUT2D eigenvalue weighted by Crippen LogP contribution is 2.38. The van der Waals surface area contributed by atoms with E-state index in [-0.39, 0.29) is 12.1 Å². The van der Waals surface area contributed by atoms with Crippen LogP contribution in [-0.4, -0.2) is 41.3 Å². The minimum Gasteiger partial charge on any atom is -0.465 e. The number of fused-ring (bicyclic) bond motifs is 2. The number of para-hydroxylation sites is 1. The van der Waals surface area contributed by atoms with Crippen molar-refractivity contribution in [2.75, 3.05) is 11.9 Å². The third-order valence-electron chi connectivity index (χ3n) is 4.64. The number of nitrogens with zero attached hydrogens (tertiary/aromatic N) is 2. The van der Waals surface area contributed by atoms with Crippen LogP contribution >= 0.6 is 0 Å². The number of hydrogen-bond acceptors (Lipinski definition) is 2. The van der Waals surface area contributed by atoms with Crippen LogP contribution in [0.5, 0.6) is 0 Å². The van der Waals surface area contributed by atoms with Gasteiger partial charge in [0.15, 0.2) is 0 Å². The molecular weight excluding hydrogens is 240 g/mol. The number of anilines is 1. The second kappa shape index (κ2) is 4.76. The highest BCUT2D eigenvalue weighted by atomic mass is 16.4. The zero-order valence-corrected chi connectivity index (χ0v) is 11.2. The first kappa shape index (κ1) is 12.3. The molecule has 0 aliphatic carbocycles. The maximum absolute atomic E-state index is 11.3. The summed E-state index contributed by atoms with van der Waals surface area (Å²) in [6.07, 6.45) is 3.21. The van der Waals surface area contributed by atoms with Gasteiger partial charge in [-0.05, 0) is 37.8 Å². The molecule has 2 aliphatic rings. The molecule has 2 bridgehead atoms. The fraction of sp³-hybridized carbons (Fsp3) is 0.533. The van der Waals surface area contributed by atoms with Crippen molar-refractivity contribution in [3.63, 3.8) is 0 Å². The highest BCUT2D eigenvalue weighted by Gasteiger charge is 2.44. The Bertz CT molecular complexity index is 448. The van der Waals surface area contributed by atoms with Crippen LogP contribution in [0.25, 0.3) is 0 Å². The van der Waals surface area contributed by atoms with Gasteiger partial charge >= 0.3 is 6.09 Å². The fourth-order valence-electron chi connectivity index (χ4n) is 3.65. The Morgan fingerprint density at radius 2 is 1.79 bits per heavy atom. The summed E-state index contributed by atoms with van der Waals surface area (Å²) < 4.78 is 0. The van der Waals surface area contributed by atoms with E-state index < -0.39 is 6.09 Å². The van der Waals surface area contributed by atoms with E-state index in [2.05, 4.69) is 24.1 Å². The van der Waals surface area contributed by atoms with Crippen LogP contribution in [0.3, 0.4) is 0 Å². The van der Waals surface area contributed by atoms with Crippen molar-refractivity contribution in [2.45, 2.75) is 43.8 Å². The van der Waals surface area contributed by atoms with E-state index in [1.807, 2.05) is 18.2 Å². The molecule has 19 heavy (non-hydrogen) atoms. The third kappa shape index (κ3) is 2.15. The molecule has 102 valence electrons. The number of hydrogen-bond donors (Lipinski definition) is 1. The van der Waals surface area contributed by atoms with Gasteiger partial charge in [-0.2, -0.15) is 0 Å². The first-order valence-electron chi connectivity index (χ1n) is 6.96. The van der Waals surface area contributed by atoms with Crippen LogP contribution in [0.15, 0.2) is 30.3 Å². The van der Waals surface area contributed by atoms with Gasteiger partial charge in [-0.1, -0.05) is 18.2 Å². The molecule has 0 unspecified atom stereocenters. The highest BCUT2D eigenvalue weighted by molar-refractivity contribution is 5.66. The van der Waals surface area contributed by atoms with Crippen LogP contribution in [0.2, 0.25) is 0 Å². The van der Waals surface area contributed by atoms with E-state index in [9.17, 15) is 9.90 Å². The Labute approximate surface area is 113 Å². The average molecular weight is 260 g/mol. The van der Waals surface area contributed by atoms with Crippen molar-refractivity contribution in [1.29, 1.82) is 0 Å². The molecule has 0 aromatic heterocycles. The molecule has 0 spiro atoms. The molecule has 4 heteroatoms. The first-order chi connectivity index (χ1) is 9.16. The molecule has 2 heterocycles. The van der Waals surface area contributed by atoms with Crippen LogP contribution in [-0.2, 0) is 0 Å². The predicted molar refractivity (Wildman–Crippen MR) is 74.5 cm³/mol. The standard InChI is InChI=1S/C15H20N2O2/c1-16(11-5-3-2-4-6-11)14-9-12-7-8-13(10-14)17(12)15(18)19/h2-6,12-14H,7-10H2,1H3,(H,18,19)/t12-,13+,14-. The summed E-state index contributed by atoms with van der Waals surface area (Å²) in [4.78, 5) is 15.3. The summed E-state index contributed by atoms with van der Waals surface area (Å²) in [7, 11) is 2.12. The first-order valence-corrected chi connectivity index (χ1v) is 6.96. The second-order valence-electron chi connectivity index (χ2n) is 5.65. The molecule has 4 nitrogen and oxygen atoms in total. The molecule has 0 radical (unpaired) electrons. The Morgan fingerprint density at radius 1 is 1.21 bits per heavy atom. The van der Waals surface area contributed by atoms with Gasteiger partial charge in [0, 0.05) is 30.9 Å². The van der Waals surface area contributed by atoms with E-state index in [4.69, 9.17) is 0 Å². The quantitative estimate of drug-likeness (QED) is 0.889. The molecule has 2 fully saturated rings. The van der Waals surface area contributed by atoms with Gasteiger partial charge in [0.1, 0.15) is 0 Å². The Kier molecular flexibility index (Phi) is 3.09. The lowest BCUT2D eigenvalue weighted by Gasteiger charge is -2.41. The number of carbonyl (C=O) groups is 1. The Balaban J connectivity index is 1.74. The Morgan fingerprint density at radius 3 is 2.32 bits per heavy atom. The lowest BCUT2D eigenvalue weighted by molar-refractivity contribution is 0.0966. The summed E-state index contributed by atoms with van der Waals surface area (Å²) in [6, 6.07) is 11.2. The summed E-state index contributed by atoms with van der Waals surface area (Å²) >= 11 is 0. The molecule has 1 N–H and O–H groups in total. The zero-order valence-electron chi connectivity index (χ0n) is 11.2. The van der Waals surface area contributed by atoms with Gasteiger partial charge in [-0.3, -0.25) is 0 Å². The molecule has 3 atom stereocenters. The summed E-state index contributed by atoms with van der Waals surface area (Å²) in [5.41, 5.74) is 1.22. The molecule has 2 aliphatic heterocycles. The Hall–Kier alpha value is -1.71. The monoisotopic (exact) mass is 260 g/mol. The number of amides is 1. The summed E-state index contributed by atoms with van der Waals surface area (Å²) in [6.45, 7) is 0. The molecule has 3 rings (SSSR count). The minimum absolute atomic E-state index is 0.215. The van der Waals surface area contributed by atoms with Crippen LogP contribution in [0.4, 0.5) is 10.5 Å². The van der Waals surface area contributed by atoms with E-state index in [1.54, 1.807) is 4.90 Å². The zero-order chi connectivity index (χ0) is 13.4. The van der Waals surface area contributed by atoms with Crippen LogP contribution < -0.4 is 4.90 Å². The van der Waals surface area contributed by atoms with Gasteiger partial charge in [0.05, 0.1) is 0 Å². The molecule has 1 aromatic carbocycles. The van der Waals surface area contributed by atoms with Gasteiger partial charge in [-0.15, -0.1) is 0 Å². The molecule has 2 saturated heterocycles. The fourth-order valence-corrected chi connectivity index (χ4v) is 3.65. The third-order valence-corrected chi connectivity index (χ3v) is 4.64. The average Bonchev–Trinajstić information content (AvgIpc) is 2.70. The topological polar surface area (TPSA) is 43.8 Å². The van der Waals surface area contributed by atoms with Gasteiger partial charge in [0.2, 0.25) is 0 Å². The number of benzene rings is 1.